The van der Waals surface area contributed by atoms with Crippen LogP contribution in [0.15, 0.2) is 24.5 Å². The number of nitrogens with zero attached hydrogens (tertiary/aromatic N) is 3. The average Bonchev–Trinajstić information content (AvgIpc) is 2.92. The Bertz CT molecular complexity index is 577. The van der Waals surface area contributed by atoms with E-state index in [0.29, 0.717) is 11.8 Å². The molecule has 0 aliphatic rings. The summed E-state index contributed by atoms with van der Waals surface area (Å²) in [6, 6.07) is 4.12. The summed E-state index contributed by atoms with van der Waals surface area (Å²) in [6.45, 7) is 11.0. The molecule has 114 valence electrons. The largest absolute Gasteiger partial charge is 0.436 e. The summed E-state index contributed by atoms with van der Waals surface area (Å²) in [6.07, 6.45) is 3.60. The number of aromatic nitrogens is 3. The molecule has 2 aromatic rings. The molecule has 5 heteroatoms. The normalized spacial score (nSPS) is 11.1. The number of aryl methyl sites for hydroxylation is 1. The fourth-order valence-electron chi connectivity index (χ4n) is 1.99. The molecular formula is C16H24N4O. The van der Waals surface area contributed by atoms with Crippen LogP contribution in [0.5, 0.6) is 11.6 Å². The Morgan fingerprint density at radius 1 is 1.29 bits per heavy atom. The quantitative estimate of drug-likeness (QED) is 0.849. The van der Waals surface area contributed by atoms with E-state index in [1.165, 1.54) is 5.56 Å². The van der Waals surface area contributed by atoms with E-state index >= 15 is 0 Å². The minimum atomic E-state index is 0.368. The highest BCUT2D eigenvalue weighted by molar-refractivity contribution is 5.30. The third kappa shape index (κ3) is 4.29. The van der Waals surface area contributed by atoms with Crippen molar-refractivity contribution in [2.75, 3.05) is 6.54 Å². The van der Waals surface area contributed by atoms with Crippen LogP contribution in [0.25, 0.3) is 0 Å². The third-order valence-corrected chi connectivity index (χ3v) is 3.21. The van der Waals surface area contributed by atoms with Gasteiger partial charge in [-0.15, -0.1) is 0 Å². The minimum Gasteiger partial charge on any atom is -0.436 e. The predicted octanol–water partition coefficient (Wildman–Crippen LogP) is 3.32. The van der Waals surface area contributed by atoms with Crippen LogP contribution in [0.4, 0.5) is 0 Å². The lowest BCUT2D eigenvalue weighted by Crippen LogP contribution is -2.12. The minimum absolute atomic E-state index is 0.368. The van der Waals surface area contributed by atoms with E-state index in [-0.39, 0.29) is 0 Å². The van der Waals surface area contributed by atoms with Gasteiger partial charge in [0.15, 0.2) is 5.75 Å². The predicted molar refractivity (Wildman–Crippen MR) is 83.7 cm³/mol. The molecule has 0 unspecified atom stereocenters. The topological polar surface area (TPSA) is 52.0 Å². The van der Waals surface area contributed by atoms with Gasteiger partial charge in [0.25, 0.3) is 0 Å². The Kier molecular flexibility index (Phi) is 5.33. The fraction of sp³-hybridized carbons (Fsp3) is 0.500. The summed E-state index contributed by atoms with van der Waals surface area (Å²) >= 11 is 0. The van der Waals surface area contributed by atoms with Gasteiger partial charge >= 0.3 is 0 Å². The molecule has 0 spiro atoms. The molecule has 0 aliphatic heterocycles. The van der Waals surface area contributed by atoms with Gasteiger partial charge < -0.3 is 10.1 Å². The molecule has 2 aromatic heterocycles. The lowest BCUT2D eigenvalue weighted by Gasteiger charge is -2.11. The zero-order valence-electron chi connectivity index (χ0n) is 13.3. The Morgan fingerprint density at radius 2 is 2.10 bits per heavy atom. The number of ether oxygens (including phenoxy) is 1. The van der Waals surface area contributed by atoms with Gasteiger partial charge in [-0.05, 0) is 31.0 Å². The lowest BCUT2D eigenvalue weighted by atomic mass is 10.1. The number of rotatable bonds is 7. The van der Waals surface area contributed by atoms with E-state index in [9.17, 15) is 0 Å². The fourth-order valence-corrected chi connectivity index (χ4v) is 1.99. The van der Waals surface area contributed by atoms with Crippen molar-refractivity contribution in [3.8, 4) is 11.6 Å². The molecule has 0 fully saturated rings. The highest BCUT2D eigenvalue weighted by Gasteiger charge is 2.09. The molecule has 2 rings (SSSR count). The summed E-state index contributed by atoms with van der Waals surface area (Å²) in [4.78, 5) is 4.58. The summed E-state index contributed by atoms with van der Waals surface area (Å²) in [5.41, 5.74) is 2.23. The second kappa shape index (κ2) is 7.22. The van der Waals surface area contributed by atoms with E-state index in [2.05, 4.69) is 42.2 Å². The number of hydrogen-bond donors (Lipinski definition) is 1. The highest BCUT2D eigenvalue weighted by Crippen LogP contribution is 2.23. The molecule has 0 aliphatic carbocycles. The van der Waals surface area contributed by atoms with Gasteiger partial charge in [-0.25, -0.2) is 4.98 Å². The summed E-state index contributed by atoms with van der Waals surface area (Å²) in [5.74, 6) is 1.72. The van der Waals surface area contributed by atoms with Crippen molar-refractivity contribution in [2.24, 2.45) is 0 Å². The molecule has 0 saturated heterocycles. The van der Waals surface area contributed by atoms with Crippen LogP contribution in [0.2, 0.25) is 0 Å². The van der Waals surface area contributed by atoms with Crippen LogP contribution < -0.4 is 10.1 Å². The lowest BCUT2D eigenvalue weighted by molar-refractivity contribution is 0.457. The molecule has 1 N–H and O–H groups in total. The first kappa shape index (κ1) is 15.5. The second-order valence-corrected chi connectivity index (χ2v) is 5.31. The Balaban J connectivity index is 2.22. The van der Waals surface area contributed by atoms with Crippen molar-refractivity contribution in [2.45, 2.75) is 46.7 Å². The van der Waals surface area contributed by atoms with Crippen molar-refractivity contribution in [3.63, 3.8) is 0 Å². The Hall–Kier alpha value is -1.88. The van der Waals surface area contributed by atoms with Crippen molar-refractivity contribution in [1.29, 1.82) is 0 Å². The van der Waals surface area contributed by atoms with Crippen LogP contribution in [0.3, 0.4) is 0 Å². The van der Waals surface area contributed by atoms with E-state index < -0.39 is 0 Å². The van der Waals surface area contributed by atoms with E-state index in [1.807, 2.05) is 23.9 Å². The van der Waals surface area contributed by atoms with Gasteiger partial charge in [0.05, 0.1) is 12.4 Å². The Labute approximate surface area is 126 Å². The molecule has 0 amide bonds. The molecule has 0 saturated carbocycles. The van der Waals surface area contributed by atoms with Crippen LogP contribution in [-0.4, -0.2) is 21.3 Å². The van der Waals surface area contributed by atoms with E-state index in [1.54, 1.807) is 6.20 Å². The van der Waals surface area contributed by atoms with Crippen LogP contribution >= 0.6 is 0 Å². The summed E-state index contributed by atoms with van der Waals surface area (Å²) in [7, 11) is 0. The van der Waals surface area contributed by atoms with Gasteiger partial charge in [-0.1, -0.05) is 20.8 Å². The molecule has 5 nitrogen and oxygen atoms in total. The van der Waals surface area contributed by atoms with Gasteiger partial charge in [-0.3, -0.25) is 4.68 Å². The molecule has 0 aromatic carbocycles. The van der Waals surface area contributed by atoms with Gasteiger partial charge in [0, 0.05) is 24.8 Å². The molecule has 2 heterocycles. The monoisotopic (exact) mass is 288 g/mol. The first-order valence-electron chi connectivity index (χ1n) is 7.54. The zero-order valence-corrected chi connectivity index (χ0v) is 13.3. The maximum atomic E-state index is 5.85. The zero-order chi connectivity index (χ0) is 15.2. The molecular weight excluding hydrogens is 264 g/mol. The maximum absolute atomic E-state index is 5.85. The smallest absolute Gasteiger partial charge is 0.219 e. The number of pyridine rings is 1. The van der Waals surface area contributed by atoms with Gasteiger partial charge in [0.1, 0.15) is 0 Å². The first-order valence-corrected chi connectivity index (χ1v) is 7.54. The van der Waals surface area contributed by atoms with Crippen LogP contribution in [-0.2, 0) is 13.1 Å². The number of hydrogen-bond acceptors (Lipinski definition) is 4. The van der Waals surface area contributed by atoms with Gasteiger partial charge in [0.2, 0.25) is 5.88 Å². The van der Waals surface area contributed by atoms with E-state index in [4.69, 9.17) is 4.74 Å². The summed E-state index contributed by atoms with van der Waals surface area (Å²) in [5, 5.41) is 7.55. The maximum Gasteiger partial charge on any atom is 0.219 e. The van der Waals surface area contributed by atoms with E-state index in [0.717, 1.165) is 31.1 Å². The molecule has 0 atom stereocenters. The van der Waals surface area contributed by atoms with Crippen molar-refractivity contribution >= 4 is 0 Å². The third-order valence-electron chi connectivity index (χ3n) is 3.21. The molecule has 0 radical (unpaired) electrons. The Morgan fingerprint density at radius 3 is 2.71 bits per heavy atom. The summed E-state index contributed by atoms with van der Waals surface area (Å²) < 4.78 is 7.68. The van der Waals surface area contributed by atoms with Crippen molar-refractivity contribution in [3.05, 3.63) is 35.8 Å². The van der Waals surface area contributed by atoms with Crippen molar-refractivity contribution in [1.82, 2.24) is 20.1 Å². The van der Waals surface area contributed by atoms with Crippen LogP contribution in [0.1, 0.15) is 44.9 Å². The van der Waals surface area contributed by atoms with Crippen molar-refractivity contribution < 1.29 is 4.74 Å². The average molecular weight is 288 g/mol. The SMILES string of the molecule is CCNCc1cc(Oc2cnn(CC)c2)nc(C(C)C)c1. The standard InChI is InChI=1S/C16H24N4O/c1-5-17-9-13-7-15(12(3)4)19-16(8-13)21-14-10-18-20(6-2)11-14/h7-8,10-12,17H,5-6,9H2,1-4H3. The van der Waals surface area contributed by atoms with Gasteiger partial charge in [-0.2, -0.15) is 5.10 Å². The first-order chi connectivity index (χ1) is 10.1. The van der Waals surface area contributed by atoms with Crippen LogP contribution in [0, 0.1) is 0 Å². The molecule has 21 heavy (non-hydrogen) atoms. The second-order valence-electron chi connectivity index (χ2n) is 5.31. The molecule has 0 bridgehead atoms. The number of nitrogens with one attached hydrogen (secondary N) is 1. The highest BCUT2D eigenvalue weighted by atomic mass is 16.5.